The van der Waals surface area contributed by atoms with Gasteiger partial charge in [0.15, 0.2) is 5.65 Å². The average molecular weight is 611 g/mol. The zero-order valence-corrected chi connectivity index (χ0v) is 26.4. The average Bonchev–Trinajstić information content (AvgIpc) is 3.00. The third kappa shape index (κ3) is 5.80. The maximum atomic E-state index is 14.5. The lowest BCUT2D eigenvalue weighted by molar-refractivity contribution is -0.126. The first-order chi connectivity index (χ1) is 21.0. The molecule has 5 rings (SSSR count). The maximum absolute atomic E-state index is 14.5. The molecular weight excluding hydrogens is 576 g/mol. The predicted octanol–water partition coefficient (Wildman–Crippen LogP) is 3.88. The lowest BCUT2D eigenvalue weighted by Crippen LogP contribution is -2.54. The van der Waals surface area contributed by atoms with Gasteiger partial charge in [0.25, 0.3) is 0 Å². The summed E-state index contributed by atoms with van der Waals surface area (Å²) in [7, 11) is 4.03. The molecule has 0 spiro atoms. The molecule has 12 heteroatoms. The van der Waals surface area contributed by atoms with Crippen LogP contribution >= 0.6 is 11.6 Å². The van der Waals surface area contributed by atoms with E-state index in [2.05, 4.69) is 16.5 Å². The Morgan fingerprint density at radius 3 is 2.61 bits per heavy atom. The Morgan fingerprint density at radius 1 is 1.20 bits per heavy atom. The van der Waals surface area contributed by atoms with E-state index in [0.717, 1.165) is 16.5 Å². The molecule has 1 aliphatic rings. The molecule has 0 bridgehead atoms. The molecule has 0 radical (unpaired) electrons. The molecule has 224 valence electrons. The fourth-order valence-electron chi connectivity index (χ4n) is 5.77. The predicted molar refractivity (Wildman–Crippen MR) is 181 cm³/mol. The van der Waals surface area contributed by atoms with Gasteiger partial charge in [-0.3, -0.25) is 9.78 Å². The zero-order valence-electron chi connectivity index (χ0n) is 25.6. The third-order valence-electron chi connectivity index (χ3n) is 7.80. The fourth-order valence-corrected chi connectivity index (χ4v) is 6.02. The summed E-state index contributed by atoms with van der Waals surface area (Å²) >= 11 is 7.00. The molecule has 0 aliphatic carbocycles. The molecule has 1 atom stereocenters. The Balaban J connectivity index is 1.85. The Morgan fingerprint density at radius 2 is 1.95 bits per heavy atom. The van der Waals surface area contributed by atoms with Gasteiger partial charge in [-0.2, -0.15) is 4.98 Å². The van der Waals surface area contributed by atoms with E-state index in [4.69, 9.17) is 16.6 Å². The highest BCUT2D eigenvalue weighted by Gasteiger charge is 2.30. The van der Waals surface area contributed by atoms with Crippen molar-refractivity contribution in [3.63, 3.8) is 0 Å². The summed E-state index contributed by atoms with van der Waals surface area (Å²) in [5.74, 6) is 0.152. The molecule has 44 heavy (non-hydrogen) atoms. The zero-order chi connectivity index (χ0) is 31.7. The van der Waals surface area contributed by atoms with E-state index in [1.54, 1.807) is 23.2 Å². The highest BCUT2D eigenvalue weighted by molar-refractivity contribution is 6.50. The third-order valence-corrected chi connectivity index (χ3v) is 8.09. The van der Waals surface area contributed by atoms with Gasteiger partial charge < -0.3 is 9.80 Å². The number of halogens is 2. The van der Waals surface area contributed by atoms with Gasteiger partial charge >= 0.3 is 5.69 Å². The van der Waals surface area contributed by atoms with Crippen molar-refractivity contribution in [3.8, 4) is 16.9 Å². The summed E-state index contributed by atoms with van der Waals surface area (Å²) in [6, 6.07) is 11.0. The van der Waals surface area contributed by atoms with E-state index in [0.29, 0.717) is 64.1 Å². The van der Waals surface area contributed by atoms with Crippen molar-refractivity contribution in [3.05, 3.63) is 92.9 Å². The van der Waals surface area contributed by atoms with Crippen molar-refractivity contribution in [2.75, 3.05) is 24.5 Å². The van der Waals surface area contributed by atoms with Crippen LogP contribution in [0.25, 0.3) is 34.1 Å². The number of nitrogens with zero attached hydrogens (tertiary/aromatic N) is 6. The van der Waals surface area contributed by atoms with E-state index in [-0.39, 0.29) is 17.9 Å². The molecule has 3 aromatic heterocycles. The second kappa shape index (κ2) is 12.8. The van der Waals surface area contributed by atoms with Crippen molar-refractivity contribution in [2.45, 2.75) is 39.4 Å². The van der Waals surface area contributed by atoms with Gasteiger partial charge in [0.2, 0.25) is 5.91 Å². The van der Waals surface area contributed by atoms with E-state index in [9.17, 15) is 14.0 Å². The lowest BCUT2D eigenvalue weighted by atomic mass is 9.77. The van der Waals surface area contributed by atoms with Gasteiger partial charge in [0.05, 0.1) is 27.5 Å². The molecule has 0 N–H and O–H groups in total. The number of pyridine rings is 2. The van der Waals surface area contributed by atoms with Crippen molar-refractivity contribution in [2.24, 2.45) is 0 Å². The molecule has 4 aromatic rings. The van der Waals surface area contributed by atoms with Crippen LogP contribution in [0.2, 0.25) is 5.02 Å². The van der Waals surface area contributed by atoms with Gasteiger partial charge in [-0.25, -0.2) is 18.7 Å². The highest BCUT2D eigenvalue weighted by atomic mass is 35.5. The number of fused-ring (bicyclic) bond motifs is 1. The Bertz CT molecular complexity index is 1860. The molecule has 1 fully saturated rings. The summed E-state index contributed by atoms with van der Waals surface area (Å²) in [6.45, 7) is 9.97. The smallest absolute Gasteiger partial charge is 0.350 e. The second-order valence-corrected chi connectivity index (χ2v) is 12.0. The van der Waals surface area contributed by atoms with Crippen molar-refractivity contribution in [1.82, 2.24) is 24.4 Å². The molecule has 1 saturated heterocycles. The molecule has 1 aromatic carbocycles. The first-order valence-corrected chi connectivity index (χ1v) is 15.0. The van der Waals surface area contributed by atoms with Crippen LogP contribution in [-0.4, -0.2) is 71.7 Å². The SMILES string of the molecule is BC(B)=Cc1ccccc1-c1nc2c(cc1Cl)c(N1CCN(C(=O)C=C)C[C@@H]1C)nc(=O)n2-c1c(CF)ccnc1C(C)C. The molecule has 1 amide bonds. The van der Waals surface area contributed by atoms with Crippen LogP contribution in [-0.2, 0) is 11.5 Å². The van der Waals surface area contributed by atoms with E-state index >= 15 is 0 Å². The number of hydrogen-bond donors (Lipinski definition) is 0. The Hall–Kier alpha value is -4.24. The summed E-state index contributed by atoms with van der Waals surface area (Å²) in [4.78, 5) is 44.4. The number of benzene rings is 1. The van der Waals surface area contributed by atoms with E-state index in [1.807, 2.05) is 71.7 Å². The number of piperazine rings is 1. The largest absolute Gasteiger partial charge is 0.355 e. The first kappa shape index (κ1) is 31.2. The van der Waals surface area contributed by atoms with Crippen LogP contribution in [0.15, 0.2) is 65.4 Å². The van der Waals surface area contributed by atoms with Crippen LogP contribution in [0, 0.1) is 0 Å². The summed E-state index contributed by atoms with van der Waals surface area (Å²) in [6.07, 6.45) is 4.91. The van der Waals surface area contributed by atoms with Crippen LogP contribution in [0.3, 0.4) is 0 Å². The maximum Gasteiger partial charge on any atom is 0.355 e. The molecule has 8 nitrogen and oxygen atoms in total. The van der Waals surface area contributed by atoms with Crippen LogP contribution in [0.1, 0.15) is 43.5 Å². The Kier molecular flexibility index (Phi) is 9.06. The minimum Gasteiger partial charge on any atom is -0.350 e. The summed E-state index contributed by atoms with van der Waals surface area (Å²) in [5.41, 5.74) is 3.12. The van der Waals surface area contributed by atoms with Gasteiger partial charge in [0.1, 0.15) is 28.2 Å². The quantitative estimate of drug-likeness (QED) is 0.233. The Labute approximate surface area is 263 Å². The normalized spacial score (nSPS) is 15.1. The molecule has 0 saturated carbocycles. The van der Waals surface area contributed by atoms with Crippen LogP contribution in [0.4, 0.5) is 10.2 Å². The van der Waals surface area contributed by atoms with Crippen molar-refractivity contribution in [1.29, 1.82) is 0 Å². The second-order valence-electron chi connectivity index (χ2n) is 11.6. The van der Waals surface area contributed by atoms with Gasteiger partial charge in [-0.05, 0) is 36.6 Å². The molecule has 4 heterocycles. The monoisotopic (exact) mass is 610 g/mol. The highest BCUT2D eigenvalue weighted by Crippen LogP contribution is 2.37. The number of amides is 1. The summed E-state index contributed by atoms with van der Waals surface area (Å²) in [5, 5.41) is 2.02. The standard InChI is InChI=1S/C32H34B2ClFN6O2/c1-5-26(43)40-12-13-41(19(4)17-40)30-23-15-24(35)28(22-9-7-6-8-20(22)14-25(33)34)38-31(23)42(32(44)39-30)29-21(16-36)10-11-37-27(29)18(2)3/h5-11,14-15,18-19H,1,12-13,16-17,33-34H2,2-4H3/t19-/m0/s1. The molecule has 0 unspecified atom stereocenters. The van der Waals surface area contributed by atoms with E-state index in [1.165, 1.54) is 10.6 Å². The topological polar surface area (TPSA) is 84.2 Å². The molecule has 1 aliphatic heterocycles. The van der Waals surface area contributed by atoms with Gasteiger partial charge in [-0.15, -0.1) is 5.37 Å². The minimum atomic E-state index is -0.798. The van der Waals surface area contributed by atoms with Crippen LogP contribution < -0.4 is 10.6 Å². The number of carbonyl (C=O) groups excluding carboxylic acids is 1. The minimum absolute atomic E-state index is 0.112. The van der Waals surface area contributed by atoms with Gasteiger partial charge in [0, 0.05) is 43.0 Å². The van der Waals surface area contributed by atoms with Crippen molar-refractivity contribution >= 4 is 56.1 Å². The van der Waals surface area contributed by atoms with E-state index < -0.39 is 12.4 Å². The summed E-state index contributed by atoms with van der Waals surface area (Å²) < 4.78 is 15.9. The molecular formula is C32H34B2ClFN6O2. The number of carbonyl (C=O) groups is 1. The van der Waals surface area contributed by atoms with Gasteiger partial charge in [-0.1, -0.05) is 62.4 Å². The lowest BCUT2D eigenvalue weighted by Gasteiger charge is -2.40. The first-order valence-electron chi connectivity index (χ1n) is 14.6. The fraction of sp³-hybridized carbons (Fsp3) is 0.281. The van der Waals surface area contributed by atoms with Crippen molar-refractivity contribution < 1.29 is 9.18 Å². The number of anilines is 1. The number of aromatic nitrogens is 4. The number of alkyl halides is 1. The number of hydrogen-bond acceptors (Lipinski definition) is 6. The van der Waals surface area contributed by atoms with Crippen LogP contribution in [0.5, 0.6) is 0 Å². The number of rotatable bonds is 7.